The smallest absolute Gasteiger partial charge is 0.294 e. The molecule has 0 heterocycles. The van der Waals surface area contributed by atoms with Gasteiger partial charge >= 0.3 is 0 Å². The maximum absolute atomic E-state index is 10.8. The Morgan fingerprint density at radius 1 is 1.25 bits per heavy atom. The topological polar surface area (TPSA) is 74.6 Å². The molecule has 0 amide bonds. The van der Waals surface area contributed by atoms with Crippen molar-refractivity contribution in [1.29, 1.82) is 0 Å². The van der Waals surface area contributed by atoms with Crippen LogP contribution in [0, 0.1) is 11.8 Å². The molecule has 12 heavy (non-hydrogen) atoms. The summed E-state index contributed by atoms with van der Waals surface area (Å²) < 4.78 is 30.2. The molecule has 0 unspecified atom stereocenters. The van der Waals surface area contributed by atoms with Crippen molar-refractivity contribution < 1.29 is 18.1 Å². The molecule has 0 bridgehead atoms. The van der Waals surface area contributed by atoms with E-state index in [1.165, 1.54) is 0 Å². The summed E-state index contributed by atoms with van der Waals surface area (Å²) in [5, 5.41) is 9.53. The van der Waals surface area contributed by atoms with E-state index in [1.807, 2.05) is 13.8 Å². The summed E-state index contributed by atoms with van der Waals surface area (Å²) in [6.07, 6.45) is 0.264. The highest BCUT2D eigenvalue weighted by Crippen LogP contribution is 2.41. The second-order valence-electron chi connectivity index (χ2n) is 3.78. The van der Waals surface area contributed by atoms with Gasteiger partial charge in [0, 0.05) is 0 Å². The lowest BCUT2D eigenvalue weighted by atomic mass is 10.0. The van der Waals surface area contributed by atoms with Crippen LogP contribution in [0.1, 0.15) is 26.7 Å². The quantitative estimate of drug-likeness (QED) is 0.600. The molecule has 1 aliphatic rings. The summed E-state index contributed by atoms with van der Waals surface area (Å²) in [6, 6.07) is 0. The molecule has 4 nitrogen and oxygen atoms in total. The van der Waals surface area contributed by atoms with Gasteiger partial charge in [-0.25, -0.2) is 0 Å². The fourth-order valence-electron chi connectivity index (χ4n) is 1.70. The van der Waals surface area contributed by atoms with Crippen LogP contribution < -0.4 is 0 Å². The zero-order chi connectivity index (χ0) is 9.57. The maximum Gasteiger partial charge on any atom is 0.294 e. The van der Waals surface area contributed by atoms with E-state index >= 15 is 0 Å². The van der Waals surface area contributed by atoms with Crippen LogP contribution in [0.4, 0.5) is 0 Å². The molecular weight excluding hydrogens is 180 g/mol. The zero-order valence-corrected chi connectivity index (χ0v) is 8.00. The first-order valence-corrected chi connectivity index (χ1v) is 5.40. The highest BCUT2D eigenvalue weighted by atomic mass is 32.2. The molecule has 0 spiro atoms. The van der Waals surface area contributed by atoms with Gasteiger partial charge in [0.1, 0.15) is 0 Å². The molecule has 2 N–H and O–H groups in total. The van der Waals surface area contributed by atoms with Crippen molar-refractivity contribution in [3.05, 3.63) is 0 Å². The second-order valence-corrected chi connectivity index (χ2v) is 5.49. The van der Waals surface area contributed by atoms with E-state index < -0.39 is 15.1 Å². The first kappa shape index (κ1) is 9.95. The molecule has 1 saturated carbocycles. The van der Waals surface area contributed by atoms with Crippen molar-refractivity contribution in [2.24, 2.45) is 11.8 Å². The minimum absolute atomic E-state index is 0.132. The Bertz CT molecular complexity index is 259. The van der Waals surface area contributed by atoms with Gasteiger partial charge in [0.15, 0.2) is 4.93 Å². The molecule has 72 valence electrons. The Morgan fingerprint density at radius 2 is 1.58 bits per heavy atom. The van der Waals surface area contributed by atoms with Crippen LogP contribution in [0.15, 0.2) is 0 Å². The third-order valence-corrected chi connectivity index (χ3v) is 4.03. The fraction of sp³-hybridized carbons (Fsp3) is 1.00. The summed E-state index contributed by atoms with van der Waals surface area (Å²) >= 11 is 0. The Hall–Kier alpha value is -0.130. The summed E-state index contributed by atoms with van der Waals surface area (Å²) in [7, 11) is -4.31. The van der Waals surface area contributed by atoms with Crippen LogP contribution in [-0.4, -0.2) is 23.0 Å². The van der Waals surface area contributed by atoms with Gasteiger partial charge in [-0.05, 0) is 24.7 Å². The van der Waals surface area contributed by atoms with Crippen molar-refractivity contribution >= 4 is 10.1 Å². The lowest BCUT2D eigenvalue weighted by molar-refractivity contribution is 0.114. The average Bonchev–Trinajstić information content (AvgIpc) is 2.06. The summed E-state index contributed by atoms with van der Waals surface area (Å²) in [5.41, 5.74) is 0. The lowest BCUT2D eigenvalue weighted by Gasteiger charge is -2.17. The standard InChI is InChI=1S/C7H14O4S/c1-5-3-7(8,4-6(5)2)12(9,10)11/h5-6,8H,3-4H2,1-2H3,(H,9,10,11)/t5-,6-/m0/s1. The van der Waals surface area contributed by atoms with Gasteiger partial charge < -0.3 is 5.11 Å². The van der Waals surface area contributed by atoms with Crippen LogP contribution in [0.2, 0.25) is 0 Å². The van der Waals surface area contributed by atoms with Gasteiger partial charge in [0.25, 0.3) is 10.1 Å². The normalized spacial score (nSPS) is 35.3. The van der Waals surface area contributed by atoms with Crippen molar-refractivity contribution in [3.8, 4) is 0 Å². The molecule has 1 fully saturated rings. The molecule has 2 atom stereocenters. The third kappa shape index (κ3) is 1.48. The van der Waals surface area contributed by atoms with Crippen molar-refractivity contribution in [1.82, 2.24) is 0 Å². The van der Waals surface area contributed by atoms with Crippen molar-refractivity contribution in [2.75, 3.05) is 0 Å². The van der Waals surface area contributed by atoms with Gasteiger partial charge in [-0.15, -0.1) is 0 Å². The number of hydrogen-bond acceptors (Lipinski definition) is 3. The monoisotopic (exact) mass is 194 g/mol. The van der Waals surface area contributed by atoms with E-state index in [1.54, 1.807) is 0 Å². The molecular formula is C7H14O4S. The Labute approximate surface area is 72.3 Å². The Morgan fingerprint density at radius 3 is 1.75 bits per heavy atom. The lowest BCUT2D eigenvalue weighted by Crippen LogP contribution is -2.35. The highest BCUT2D eigenvalue weighted by molar-refractivity contribution is 7.87. The summed E-state index contributed by atoms with van der Waals surface area (Å²) in [6.45, 7) is 3.74. The van der Waals surface area contributed by atoms with Crippen LogP contribution in [0.5, 0.6) is 0 Å². The molecule has 1 rings (SSSR count). The van der Waals surface area contributed by atoms with Gasteiger partial charge in [-0.3, -0.25) is 4.55 Å². The molecule has 0 saturated heterocycles. The van der Waals surface area contributed by atoms with Crippen LogP contribution in [-0.2, 0) is 10.1 Å². The maximum atomic E-state index is 10.8. The average molecular weight is 194 g/mol. The zero-order valence-electron chi connectivity index (χ0n) is 7.19. The van der Waals surface area contributed by atoms with Crippen molar-refractivity contribution in [2.45, 2.75) is 31.6 Å². The first-order chi connectivity index (χ1) is 5.26. The molecule has 0 radical (unpaired) electrons. The third-order valence-electron chi connectivity index (χ3n) is 2.73. The number of rotatable bonds is 1. The predicted molar refractivity (Wildman–Crippen MR) is 44.1 cm³/mol. The summed E-state index contributed by atoms with van der Waals surface area (Å²) in [5.74, 6) is 0.272. The number of aliphatic hydroxyl groups is 1. The van der Waals surface area contributed by atoms with E-state index in [0.29, 0.717) is 0 Å². The van der Waals surface area contributed by atoms with Gasteiger partial charge in [0.05, 0.1) is 0 Å². The SMILES string of the molecule is C[C@H]1CC(O)(S(=O)(=O)O)C[C@@H]1C. The van der Waals surface area contributed by atoms with Gasteiger partial charge in [-0.1, -0.05) is 13.8 Å². The first-order valence-electron chi connectivity index (χ1n) is 3.96. The van der Waals surface area contributed by atoms with Crippen LogP contribution in [0.3, 0.4) is 0 Å². The van der Waals surface area contributed by atoms with E-state index in [4.69, 9.17) is 4.55 Å². The van der Waals surface area contributed by atoms with Gasteiger partial charge in [-0.2, -0.15) is 8.42 Å². The number of hydrogen-bond donors (Lipinski definition) is 2. The largest absolute Gasteiger partial charge is 0.372 e. The van der Waals surface area contributed by atoms with E-state index in [-0.39, 0.29) is 24.7 Å². The molecule has 0 aromatic heterocycles. The minimum Gasteiger partial charge on any atom is -0.372 e. The van der Waals surface area contributed by atoms with Gasteiger partial charge in [0.2, 0.25) is 0 Å². The predicted octanol–water partition coefficient (Wildman–Crippen LogP) is 0.629. The van der Waals surface area contributed by atoms with Crippen LogP contribution >= 0.6 is 0 Å². The van der Waals surface area contributed by atoms with E-state index in [2.05, 4.69) is 0 Å². The second kappa shape index (κ2) is 2.68. The Balaban J connectivity index is 2.92. The van der Waals surface area contributed by atoms with E-state index in [0.717, 1.165) is 0 Å². The molecule has 1 aliphatic carbocycles. The highest BCUT2D eigenvalue weighted by Gasteiger charge is 2.49. The summed E-state index contributed by atoms with van der Waals surface area (Å²) in [4.78, 5) is -1.90. The minimum atomic E-state index is -4.31. The molecule has 0 aromatic carbocycles. The fourth-order valence-corrected chi connectivity index (χ4v) is 2.65. The van der Waals surface area contributed by atoms with Crippen LogP contribution in [0.25, 0.3) is 0 Å². The Kier molecular flexibility index (Phi) is 2.22. The molecule has 0 aromatic rings. The molecule has 0 aliphatic heterocycles. The van der Waals surface area contributed by atoms with Crippen molar-refractivity contribution in [3.63, 3.8) is 0 Å². The molecule has 5 heteroatoms. The van der Waals surface area contributed by atoms with E-state index in [9.17, 15) is 13.5 Å².